The molecule has 25 heavy (non-hydrogen) atoms. The second kappa shape index (κ2) is 8.03. The lowest BCUT2D eigenvalue weighted by atomic mass is 9.95. The fourth-order valence-electron chi connectivity index (χ4n) is 3.31. The number of nitrogens with one attached hydrogen (secondary N) is 1. The average molecular weight is 357 g/mol. The molecule has 1 fully saturated rings. The normalized spacial score (nSPS) is 16.0. The van der Waals surface area contributed by atoms with E-state index < -0.39 is 0 Å². The number of nitrogens with zero attached hydrogens (tertiary/aromatic N) is 1. The van der Waals surface area contributed by atoms with E-state index in [-0.39, 0.29) is 11.8 Å². The van der Waals surface area contributed by atoms with E-state index in [1.807, 2.05) is 25.1 Å². The molecule has 1 heterocycles. The van der Waals surface area contributed by atoms with Crippen LogP contribution in [0, 0.1) is 19.8 Å². The topological polar surface area (TPSA) is 32.3 Å². The number of benzene rings is 2. The van der Waals surface area contributed by atoms with Crippen LogP contribution in [-0.2, 0) is 11.3 Å². The van der Waals surface area contributed by atoms with Crippen LogP contribution in [0.1, 0.15) is 29.5 Å². The smallest absolute Gasteiger partial charge is 0.227 e. The number of hydrogen-bond acceptors (Lipinski definition) is 2. The summed E-state index contributed by atoms with van der Waals surface area (Å²) in [5.74, 6) is 0.213. The van der Waals surface area contributed by atoms with Crippen molar-refractivity contribution in [2.75, 3.05) is 18.4 Å². The van der Waals surface area contributed by atoms with Gasteiger partial charge in [0.1, 0.15) is 0 Å². The van der Waals surface area contributed by atoms with Gasteiger partial charge in [0.15, 0.2) is 0 Å². The van der Waals surface area contributed by atoms with Gasteiger partial charge in [0.25, 0.3) is 0 Å². The highest BCUT2D eigenvalue weighted by Crippen LogP contribution is 2.24. The van der Waals surface area contributed by atoms with Crippen molar-refractivity contribution in [2.24, 2.45) is 5.92 Å². The highest BCUT2D eigenvalue weighted by atomic mass is 35.5. The van der Waals surface area contributed by atoms with Crippen molar-refractivity contribution in [3.05, 3.63) is 64.2 Å². The monoisotopic (exact) mass is 356 g/mol. The number of hydrogen-bond donors (Lipinski definition) is 1. The maximum atomic E-state index is 12.5. The fourth-order valence-corrected chi connectivity index (χ4v) is 3.53. The molecule has 0 unspecified atom stereocenters. The van der Waals surface area contributed by atoms with Crippen molar-refractivity contribution in [3.8, 4) is 0 Å². The van der Waals surface area contributed by atoms with Gasteiger partial charge in [-0.1, -0.05) is 41.4 Å². The third-order valence-corrected chi connectivity index (χ3v) is 5.17. The number of carbonyl (C=O) groups is 1. The van der Waals surface area contributed by atoms with Crippen LogP contribution in [0.25, 0.3) is 0 Å². The summed E-state index contributed by atoms with van der Waals surface area (Å²) < 4.78 is 0. The molecule has 3 nitrogen and oxygen atoms in total. The first-order chi connectivity index (χ1) is 12.0. The number of carbonyl (C=O) groups excluding carboxylic acids is 1. The predicted molar refractivity (Wildman–Crippen MR) is 104 cm³/mol. The maximum Gasteiger partial charge on any atom is 0.227 e. The van der Waals surface area contributed by atoms with E-state index in [1.165, 1.54) is 11.1 Å². The second-order valence-corrected chi connectivity index (χ2v) is 7.42. The number of amides is 1. The Kier molecular flexibility index (Phi) is 5.77. The molecule has 1 amide bonds. The van der Waals surface area contributed by atoms with E-state index in [2.05, 4.69) is 41.4 Å². The molecule has 1 saturated heterocycles. The van der Waals surface area contributed by atoms with Crippen molar-refractivity contribution in [3.63, 3.8) is 0 Å². The van der Waals surface area contributed by atoms with Crippen molar-refractivity contribution >= 4 is 23.2 Å². The van der Waals surface area contributed by atoms with Crippen LogP contribution in [0.15, 0.2) is 42.5 Å². The molecular formula is C21H25ClN2O. The molecule has 0 aliphatic carbocycles. The van der Waals surface area contributed by atoms with E-state index in [1.54, 1.807) is 0 Å². The Morgan fingerprint density at radius 2 is 1.80 bits per heavy atom. The zero-order chi connectivity index (χ0) is 17.8. The Morgan fingerprint density at radius 1 is 1.12 bits per heavy atom. The van der Waals surface area contributed by atoms with Crippen LogP contribution in [0.5, 0.6) is 0 Å². The first-order valence-corrected chi connectivity index (χ1v) is 9.24. The zero-order valence-corrected chi connectivity index (χ0v) is 15.6. The molecule has 0 radical (unpaired) electrons. The summed E-state index contributed by atoms with van der Waals surface area (Å²) >= 11 is 5.98. The number of piperidine rings is 1. The quantitative estimate of drug-likeness (QED) is 0.852. The van der Waals surface area contributed by atoms with E-state index in [0.717, 1.165) is 43.7 Å². The summed E-state index contributed by atoms with van der Waals surface area (Å²) in [6, 6.07) is 14.3. The third-order valence-electron chi connectivity index (χ3n) is 4.93. The van der Waals surface area contributed by atoms with Crippen molar-refractivity contribution < 1.29 is 4.79 Å². The lowest BCUT2D eigenvalue weighted by Gasteiger charge is -2.31. The number of likely N-dealkylation sites (tertiary alicyclic amines) is 1. The third kappa shape index (κ3) is 4.83. The van der Waals surface area contributed by atoms with Gasteiger partial charge in [-0.2, -0.15) is 0 Å². The minimum atomic E-state index is 0.0874. The largest absolute Gasteiger partial charge is 0.326 e. The molecule has 0 aromatic heterocycles. The summed E-state index contributed by atoms with van der Waals surface area (Å²) in [5.41, 5.74) is 4.48. The number of aryl methyl sites for hydroxylation is 2. The maximum absolute atomic E-state index is 12.5. The molecule has 1 N–H and O–H groups in total. The molecule has 0 atom stereocenters. The van der Waals surface area contributed by atoms with Crippen molar-refractivity contribution in [1.29, 1.82) is 0 Å². The first kappa shape index (κ1) is 18.0. The van der Waals surface area contributed by atoms with E-state index >= 15 is 0 Å². The van der Waals surface area contributed by atoms with Gasteiger partial charge >= 0.3 is 0 Å². The lowest BCUT2D eigenvalue weighted by Crippen LogP contribution is -2.37. The number of halogens is 1. The molecule has 1 aliphatic rings. The van der Waals surface area contributed by atoms with Gasteiger partial charge in [-0.3, -0.25) is 9.69 Å². The van der Waals surface area contributed by atoms with E-state index in [0.29, 0.717) is 5.02 Å². The Balaban J connectivity index is 1.51. The SMILES string of the molecule is Cc1ccc(CN2CCC(C(=O)Nc3ccc(Cl)cc3C)CC2)cc1. The molecule has 0 bridgehead atoms. The predicted octanol–water partition coefficient (Wildman–Crippen LogP) is 4.81. The molecule has 0 spiro atoms. The van der Waals surface area contributed by atoms with Crippen LogP contribution in [-0.4, -0.2) is 23.9 Å². The van der Waals surface area contributed by atoms with Gasteiger partial charge in [0, 0.05) is 23.2 Å². The van der Waals surface area contributed by atoms with Gasteiger partial charge < -0.3 is 5.32 Å². The molecule has 4 heteroatoms. The summed E-state index contributed by atoms with van der Waals surface area (Å²) in [4.78, 5) is 15.0. The van der Waals surface area contributed by atoms with Crippen molar-refractivity contribution in [2.45, 2.75) is 33.2 Å². The average Bonchev–Trinajstić information content (AvgIpc) is 2.60. The standard InChI is InChI=1S/C21H25ClN2O/c1-15-3-5-17(6-4-15)14-24-11-9-18(10-12-24)21(25)23-20-8-7-19(22)13-16(20)2/h3-8,13,18H,9-12,14H2,1-2H3,(H,23,25). The van der Waals surface area contributed by atoms with Gasteiger partial charge in [-0.05, 0) is 69.1 Å². The Morgan fingerprint density at radius 3 is 2.44 bits per heavy atom. The molecule has 0 saturated carbocycles. The Hall–Kier alpha value is -1.84. The van der Waals surface area contributed by atoms with Crippen molar-refractivity contribution in [1.82, 2.24) is 4.90 Å². The second-order valence-electron chi connectivity index (χ2n) is 6.98. The van der Waals surface area contributed by atoms with E-state index in [9.17, 15) is 4.79 Å². The van der Waals surface area contributed by atoms with Gasteiger partial charge in [0.2, 0.25) is 5.91 Å². The first-order valence-electron chi connectivity index (χ1n) is 8.86. The number of rotatable bonds is 4. The summed E-state index contributed by atoms with van der Waals surface area (Å²) in [6.07, 6.45) is 1.81. The molecule has 3 rings (SSSR count). The Labute approximate surface area is 155 Å². The number of anilines is 1. The Bertz CT molecular complexity index is 734. The van der Waals surface area contributed by atoms with Crippen LogP contribution in [0.2, 0.25) is 5.02 Å². The van der Waals surface area contributed by atoms with Crippen LogP contribution >= 0.6 is 11.6 Å². The minimum Gasteiger partial charge on any atom is -0.326 e. The summed E-state index contributed by atoms with van der Waals surface area (Å²) in [6.45, 7) is 6.96. The van der Waals surface area contributed by atoms with Crippen LogP contribution in [0.3, 0.4) is 0 Å². The zero-order valence-electron chi connectivity index (χ0n) is 14.9. The summed E-state index contributed by atoms with van der Waals surface area (Å²) in [5, 5.41) is 3.76. The van der Waals surface area contributed by atoms with Crippen LogP contribution < -0.4 is 5.32 Å². The summed E-state index contributed by atoms with van der Waals surface area (Å²) in [7, 11) is 0. The highest BCUT2D eigenvalue weighted by molar-refractivity contribution is 6.30. The fraction of sp³-hybridized carbons (Fsp3) is 0.381. The van der Waals surface area contributed by atoms with Crippen LogP contribution in [0.4, 0.5) is 5.69 Å². The van der Waals surface area contributed by atoms with Gasteiger partial charge in [0.05, 0.1) is 0 Å². The van der Waals surface area contributed by atoms with Gasteiger partial charge in [-0.15, -0.1) is 0 Å². The molecular weight excluding hydrogens is 332 g/mol. The molecule has 2 aromatic carbocycles. The van der Waals surface area contributed by atoms with E-state index in [4.69, 9.17) is 11.6 Å². The van der Waals surface area contributed by atoms with Gasteiger partial charge in [-0.25, -0.2) is 0 Å². The molecule has 132 valence electrons. The lowest BCUT2D eigenvalue weighted by molar-refractivity contribution is -0.121. The molecule has 2 aromatic rings. The molecule has 1 aliphatic heterocycles. The highest BCUT2D eigenvalue weighted by Gasteiger charge is 2.25. The minimum absolute atomic E-state index is 0.0874.